The first kappa shape index (κ1) is 12.5. The third kappa shape index (κ3) is 2.67. The van der Waals surface area contributed by atoms with E-state index in [4.69, 9.17) is 4.74 Å². The van der Waals surface area contributed by atoms with Crippen LogP contribution in [0.25, 0.3) is 0 Å². The summed E-state index contributed by atoms with van der Waals surface area (Å²) in [6.07, 6.45) is 2.71. The number of rotatable bonds is 4. The lowest BCUT2D eigenvalue weighted by atomic mass is 10.0. The number of aromatic amines is 1. The molecule has 2 rings (SSSR count). The quantitative estimate of drug-likeness (QED) is 0.821. The van der Waals surface area contributed by atoms with Crippen LogP contribution in [0.5, 0.6) is 0 Å². The van der Waals surface area contributed by atoms with E-state index in [2.05, 4.69) is 14.7 Å². The van der Waals surface area contributed by atoms with Gasteiger partial charge in [-0.05, 0) is 13.3 Å². The minimum absolute atomic E-state index is 0.113. The molecule has 1 aromatic rings. The largest absolute Gasteiger partial charge is 0.379 e. The summed E-state index contributed by atoms with van der Waals surface area (Å²) in [6.45, 7) is 4.74. The van der Waals surface area contributed by atoms with E-state index in [9.17, 15) is 8.42 Å². The highest BCUT2D eigenvalue weighted by Gasteiger charge is 2.35. The van der Waals surface area contributed by atoms with Crippen LogP contribution in [0, 0.1) is 0 Å². The van der Waals surface area contributed by atoms with Crippen LogP contribution in [-0.2, 0) is 21.2 Å². The first-order valence-corrected chi connectivity index (χ1v) is 7.09. The Hall–Kier alpha value is -0.920. The van der Waals surface area contributed by atoms with Crippen molar-refractivity contribution in [2.24, 2.45) is 0 Å². The maximum absolute atomic E-state index is 12.1. The topological polar surface area (TPSA) is 84.1 Å². The second kappa shape index (κ2) is 4.40. The van der Waals surface area contributed by atoms with Crippen molar-refractivity contribution in [1.82, 2.24) is 14.7 Å². The van der Waals surface area contributed by atoms with Gasteiger partial charge in [0.25, 0.3) is 10.0 Å². The van der Waals surface area contributed by atoms with Crippen molar-refractivity contribution in [2.45, 2.75) is 37.3 Å². The number of sulfonamides is 1. The lowest BCUT2D eigenvalue weighted by Crippen LogP contribution is -2.46. The molecule has 1 aromatic heterocycles. The van der Waals surface area contributed by atoms with Crippen LogP contribution in [-0.4, -0.2) is 37.1 Å². The van der Waals surface area contributed by atoms with Gasteiger partial charge in [-0.15, -0.1) is 0 Å². The Morgan fingerprint density at radius 3 is 2.94 bits per heavy atom. The molecule has 7 heteroatoms. The monoisotopic (exact) mass is 259 g/mol. The zero-order valence-corrected chi connectivity index (χ0v) is 10.8. The van der Waals surface area contributed by atoms with E-state index in [-0.39, 0.29) is 5.03 Å². The standard InChI is InChI=1S/C10H17N3O3S/c1-3-8-11-6-9(12-8)17(14,15)13-10(2)4-5-16-7-10/h6,13H,3-5,7H2,1-2H3,(H,11,12). The van der Waals surface area contributed by atoms with Gasteiger partial charge in [-0.2, -0.15) is 0 Å². The maximum atomic E-state index is 12.1. The van der Waals surface area contributed by atoms with E-state index in [1.165, 1.54) is 6.20 Å². The van der Waals surface area contributed by atoms with Gasteiger partial charge in [0.2, 0.25) is 0 Å². The normalized spacial score (nSPS) is 25.3. The van der Waals surface area contributed by atoms with Gasteiger partial charge in [-0.1, -0.05) is 6.92 Å². The van der Waals surface area contributed by atoms with Gasteiger partial charge in [0, 0.05) is 13.0 Å². The third-order valence-corrected chi connectivity index (χ3v) is 4.38. The van der Waals surface area contributed by atoms with Crippen LogP contribution in [0.1, 0.15) is 26.1 Å². The van der Waals surface area contributed by atoms with E-state index < -0.39 is 15.6 Å². The van der Waals surface area contributed by atoms with Crippen LogP contribution in [0.3, 0.4) is 0 Å². The molecule has 6 nitrogen and oxygen atoms in total. The smallest absolute Gasteiger partial charge is 0.258 e. The van der Waals surface area contributed by atoms with E-state index in [0.29, 0.717) is 31.9 Å². The Morgan fingerprint density at radius 1 is 1.65 bits per heavy atom. The zero-order chi connectivity index (χ0) is 12.5. The van der Waals surface area contributed by atoms with E-state index in [1.54, 1.807) is 0 Å². The number of H-pyrrole nitrogens is 1. The molecule has 1 unspecified atom stereocenters. The van der Waals surface area contributed by atoms with Gasteiger partial charge in [-0.3, -0.25) is 0 Å². The van der Waals surface area contributed by atoms with Crippen molar-refractivity contribution >= 4 is 10.0 Å². The summed E-state index contributed by atoms with van der Waals surface area (Å²) in [5.41, 5.74) is -0.518. The van der Waals surface area contributed by atoms with Crippen molar-refractivity contribution in [3.8, 4) is 0 Å². The average Bonchev–Trinajstić information content (AvgIpc) is 2.85. The molecule has 1 aliphatic rings. The zero-order valence-electron chi connectivity index (χ0n) is 9.99. The summed E-state index contributed by atoms with van der Waals surface area (Å²) in [5.74, 6) is 0.665. The first-order valence-electron chi connectivity index (χ1n) is 5.61. The van der Waals surface area contributed by atoms with Crippen LogP contribution < -0.4 is 4.72 Å². The molecule has 1 atom stereocenters. The number of hydrogen-bond donors (Lipinski definition) is 2. The number of ether oxygens (including phenoxy) is 1. The van der Waals surface area contributed by atoms with Gasteiger partial charge < -0.3 is 9.72 Å². The van der Waals surface area contributed by atoms with E-state index in [1.807, 2.05) is 13.8 Å². The molecular weight excluding hydrogens is 242 g/mol. The van der Waals surface area contributed by atoms with Crippen molar-refractivity contribution in [2.75, 3.05) is 13.2 Å². The van der Waals surface area contributed by atoms with Crippen molar-refractivity contribution in [3.63, 3.8) is 0 Å². The Balaban J connectivity index is 2.18. The number of hydrogen-bond acceptors (Lipinski definition) is 4. The summed E-state index contributed by atoms with van der Waals surface area (Å²) in [5, 5.41) is 0.113. The van der Waals surface area contributed by atoms with Crippen molar-refractivity contribution in [1.29, 1.82) is 0 Å². The van der Waals surface area contributed by atoms with Crippen molar-refractivity contribution in [3.05, 3.63) is 12.0 Å². The third-order valence-electron chi connectivity index (χ3n) is 2.83. The molecule has 0 aromatic carbocycles. The van der Waals surface area contributed by atoms with Gasteiger partial charge in [-0.25, -0.2) is 18.1 Å². The molecular formula is C10H17N3O3S. The molecule has 0 amide bonds. The van der Waals surface area contributed by atoms with Crippen molar-refractivity contribution < 1.29 is 13.2 Å². The average molecular weight is 259 g/mol. The Labute approximate surface area is 101 Å². The van der Waals surface area contributed by atoms with Crippen LogP contribution >= 0.6 is 0 Å². The molecule has 2 N–H and O–H groups in total. The van der Waals surface area contributed by atoms with E-state index in [0.717, 1.165) is 0 Å². The lowest BCUT2D eigenvalue weighted by Gasteiger charge is -2.22. The number of aryl methyl sites for hydroxylation is 1. The molecule has 17 heavy (non-hydrogen) atoms. The van der Waals surface area contributed by atoms with E-state index >= 15 is 0 Å². The summed E-state index contributed by atoms with van der Waals surface area (Å²) in [7, 11) is -3.54. The number of nitrogens with one attached hydrogen (secondary N) is 2. The minimum Gasteiger partial charge on any atom is -0.379 e. The second-order valence-corrected chi connectivity index (χ2v) is 6.17. The lowest BCUT2D eigenvalue weighted by molar-refractivity contribution is 0.178. The fourth-order valence-electron chi connectivity index (χ4n) is 1.79. The Bertz CT molecular complexity index is 489. The number of nitrogens with zero attached hydrogens (tertiary/aromatic N) is 1. The Kier molecular flexibility index (Phi) is 3.24. The Morgan fingerprint density at radius 2 is 2.41 bits per heavy atom. The molecule has 1 aliphatic heterocycles. The van der Waals surface area contributed by atoms with Gasteiger partial charge in [0.05, 0.1) is 18.3 Å². The highest BCUT2D eigenvalue weighted by atomic mass is 32.2. The highest BCUT2D eigenvalue weighted by molar-refractivity contribution is 7.89. The summed E-state index contributed by atoms with van der Waals surface area (Å²) in [6, 6.07) is 0. The molecule has 2 heterocycles. The van der Waals surface area contributed by atoms with Gasteiger partial charge in [0.15, 0.2) is 5.03 Å². The SMILES string of the molecule is CCc1ncc(S(=O)(=O)NC2(C)CCOC2)[nH]1. The molecule has 0 aliphatic carbocycles. The van der Waals surface area contributed by atoms with Crippen LogP contribution in [0.15, 0.2) is 11.2 Å². The molecule has 96 valence electrons. The number of aromatic nitrogens is 2. The fourth-order valence-corrected chi connectivity index (χ4v) is 3.15. The summed E-state index contributed by atoms with van der Waals surface area (Å²) >= 11 is 0. The predicted molar refractivity (Wildman–Crippen MR) is 62.1 cm³/mol. The minimum atomic E-state index is -3.54. The fraction of sp³-hybridized carbons (Fsp3) is 0.700. The predicted octanol–water partition coefficient (Wildman–Crippen LogP) is 0.429. The molecule has 1 fully saturated rings. The summed E-state index contributed by atoms with van der Waals surface area (Å²) < 4.78 is 32.0. The van der Waals surface area contributed by atoms with Gasteiger partial charge >= 0.3 is 0 Å². The molecule has 1 saturated heterocycles. The maximum Gasteiger partial charge on any atom is 0.258 e. The second-order valence-electron chi connectivity index (χ2n) is 4.52. The van der Waals surface area contributed by atoms with Crippen LogP contribution in [0.2, 0.25) is 0 Å². The number of imidazole rings is 1. The molecule has 0 saturated carbocycles. The highest BCUT2D eigenvalue weighted by Crippen LogP contribution is 2.20. The van der Waals surface area contributed by atoms with Crippen LogP contribution in [0.4, 0.5) is 0 Å². The molecule has 0 spiro atoms. The summed E-state index contributed by atoms with van der Waals surface area (Å²) in [4.78, 5) is 6.78. The molecule has 0 radical (unpaired) electrons. The van der Waals surface area contributed by atoms with Gasteiger partial charge in [0.1, 0.15) is 5.82 Å². The first-order chi connectivity index (χ1) is 7.95. The molecule has 0 bridgehead atoms.